The molecule has 1 heterocycles. The first-order chi connectivity index (χ1) is 15.6. The van der Waals surface area contributed by atoms with Gasteiger partial charge in [-0.3, -0.25) is 9.59 Å². The van der Waals surface area contributed by atoms with Crippen LogP contribution in [0.2, 0.25) is 0 Å². The maximum atomic E-state index is 13.4. The molecule has 6 heteroatoms. The molecule has 1 amide bonds. The number of para-hydroxylation sites is 2. The molecule has 3 aromatic rings. The lowest BCUT2D eigenvalue weighted by molar-refractivity contribution is -0.119. The van der Waals surface area contributed by atoms with E-state index in [2.05, 4.69) is 5.32 Å². The van der Waals surface area contributed by atoms with E-state index in [1.54, 1.807) is 6.07 Å². The van der Waals surface area contributed by atoms with Crippen molar-refractivity contribution < 1.29 is 9.53 Å². The zero-order chi connectivity index (χ0) is 22.5. The Hall–Kier alpha value is -3.41. The lowest BCUT2D eigenvalue weighted by Gasteiger charge is -2.24. The third-order valence-corrected chi connectivity index (χ3v) is 5.90. The quantitative estimate of drug-likeness (QED) is 0.584. The Morgan fingerprint density at radius 1 is 1.03 bits per heavy atom. The van der Waals surface area contributed by atoms with Crippen LogP contribution in [-0.2, 0) is 17.6 Å². The highest BCUT2D eigenvalue weighted by Crippen LogP contribution is 2.29. The average molecular weight is 432 g/mol. The molecule has 0 fully saturated rings. The first-order valence-corrected chi connectivity index (χ1v) is 11.4. The summed E-state index contributed by atoms with van der Waals surface area (Å²) in [4.78, 5) is 26.7. The normalized spacial score (nSPS) is 13.8. The summed E-state index contributed by atoms with van der Waals surface area (Å²) in [6, 6.07) is 16.5. The fourth-order valence-corrected chi connectivity index (χ4v) is 4.33. The van der Waals surface area contributed by atoms with E-state index in [0.29, 0.717) is 24.5 Å². The Kier molecular flexibility index (Phi) is 6.69. The number of amides is 1. The zero-order valence-electron chi connectivity index (χ0n) is 18.6. The molecular weight excluding hydrogens is 402 g/mol. The SMILES string of the molecule is CCOc1ccccc1NC(=O)C(CC)n1nc(-c2ccccc2)c2c(c1=O)CCCC2. The number of anilines is 1. The van der Waals surface area contributed by atoms with Crippen LogP contribution in [0.15, 0.2) is 59.4 Å². The van der Waals surface area contributed by atoms with Crippen LogP contribution in [0.25, 0.3) is 11.3 Å². The molecule has 2 aromatic carbocycles. The maximum absolute atomic E-state index is 13.4. The van der Waals surface area contributed by atoms with E-state index in [9.17, 15) is 9.59 Å². The summed E-state index contributed by atoms with van der Waals surface area (Å²) in [6.07, 6.45) is 4.03. The molecule has 0 aliphatic heterocycles. The number of hydrogen-bond donors (Lipinski definition) is 1. The second kappa shape index (κ2) is 9.81. The van der Waals surface area contributed by atoms with Gasteiger partial charge in [-0.1, -0.05) is 49.4 Å². The molecule has 166 valence electrons. The predicted octanol–water partition coefficient (Wildman–Crippen LogP) is 4.78. The molecule has 4 rings (SSSR count). The average Bonchev–Trinajstić information content (AvgIpc) is 2.83. The second-order valence-corrected chi connectivity index (χ2v) is 7.97. The number of nitrogens with one attached hydrogen (secondary N) is 1. The number of ether oxygens (including phenoxy) is 1. The van der Waals surface area contributed by atoms with Crippen LogP contribution in [0.3, 0.4) is 0 Å². The molecule has 0 spiro atoms. The number of nitrogens with zero attached hydrogens (tertiary/aromatic N) is 2. The standard InChI is InChI=1S/C26H29N3O3/c1-3-22(25(30)27-21-16-10-11-17-23(21)32-4-2)29-26(31)20-15-9-8-14-19(20)24(28-29)18-12-6-5-7-13-18/h5-7,10-13,16-17,22H,3-4,8-9,14-15H2,1-2H3,(H,27,30). The van der Waals surface area contributed by atoms with E-state index in [4.69, 9.17) is 9.84 Å². The number of carbonyl (C=O) groups is 1. The largest absolute Gasteiger partial charge is 0.492 e. The fourth-order valence-electron chi connectivity index (χ4n) is 4.33. The van der Waals surface area contributed by atoms with E-state index in [1.165, 1.54) is 4.68 Å². The minimum atomic E-state index is -0.716. The molecule has 1 unspecified atom stereocenters. The van der Waals surface area contributed by atoms with Crippen LogP contribution in [0, 0.1) is 0 Å². The van der Waals surface area contributed by atoms with Crippen molar-refractivity contribution in [3.63, 3.8) is 0 Å². The van der Waals surface area contributed by atoms with Gasteiger partial charge in [-0.25, -0.2) is 4.68 Å². The van der Waals surface area contributed by atoms with Gasteiger partial charge in [-0.2, -0.15) is 5.10 Å². The minimum Gasteiger partial charge on any atom is -0.492 e. The summed E-state index contributed by atoms with van der Waals surface area (Å²) in [5, 5.41) is 7.71. The van der Waals surface area contributed by atoms with Crippen molar-refractivity contribution in [3.05, 3.63) is 76.1 Å². The van der Waals surface area contributed by atoms with Gasteiger partial charge in [0.2, 0.25) is 5.91 Å². The van der Waals surface area contributed by atoms with Gasteiger partial charge in [0.1, 0.15) is 11.8 Å². The summed E-state index contributed by atoms with van der Waals surface area (Å²) in [5.41, 5.74) is 4.04. The van der Waals surface area contributed by atoms with Gasteiger partial charge in [0.05, 0.1) is 18.0 Å². The van der Waals surface area contributed by atoms with Crippen LogP contribution in [-0.4, -0.2) is 22.3 Å². The molecule has 1 aromatic heterocycles. The van der Waals surface area contributed by atoms with Gasteiger partial charge < -0.3 is 10.1 Å². The molecule has 32 heavy (non-hydrogen) atoms. The Labute approximate surface area is 188 Å². The minimum absolute atomic E-state index is 0.153. The lowest BCUT2D eigenvalue weighted by Crippen LogP contribution is -2.38. The van der Waals surface area contributed by atoms with Crippen LogP contribution in [0.1, 0.15) is 50.3 Å². The number of aromatic nitrogens is 2. The summed E-state index contributed by atoms with van der Waals surface area (Å²) in [6.45, 7) is 4.29. The zero-order valence-corrected chi connectivity index (χ0v) is 18.6. The summed E-state index contributed by atoms with van der Waals surface area (Å²) >= 11 is 0. The maximum Gasteiger partial charge on any atom is 0.271 e. The van der Waals surface area contributed by atoms with Gasteiger partial charge in [-0.15, -0.1) is 0 Å². The van der Waals surface area contributed by atoms with Crippen molar-refractivity contribution in [2.75, 3.05) is 11.9 Å². The number of rotatable bonds is 7. The number of carbonyl (C=O) groups excluding carboxylic acids is 1. The fraction of sp³-hybridized carbons (Fsp3) is 0.346. The molecule has 1 aliphatic rings. The Morgan fingerprint density at radius 2 is 1.72 bits per heavy atom. The van der Waals surface area contributed by atoms with Gasteiger partial charge in [0, 0.05) is 11.1 Å². The Morgan fingerprint density at radius 3 is 2.44 bits per heavy atom. The van der Waals surface area contributed by atoms with E-state index in [-0.39, 0.29) is 11.5 Å². The first kappa shape index (κ1) is 21.8. The smallest absolute Gasteiger partial charge is 0.271 e. The van der Waals surface area contributed by atoms with Crippen molar-refractivity contribution >= 4 is 11.6 Å². The van der Waals surface area contributed by atoms with Crippen molar-refractivity contribution in [3.8, 4) is 17.0 Å². The predicted molar refractivity (Wildman–Crippen MR) is 126 cm³/mol. The lowest BCUT2D eigenvalue weighted by atomic mass is 9.89. The van der Waals surface area contributed by atoms with Crippen LogP contribution < -0.4 is 15.6 Å². The van der Waals surface area contributed by atoms with Crippen LogP contribution >= 0.6 is 0 Å². The number of benzene rings is 2. The van der Waals surface area contributed by atoms with Crippen molar-refractivity contribution in [2.24, 2.45) is 0 Å². The molecular formula is C26H29N3O3. The van der Waals surface area contributed by atoms with Crippen molar-refractivity contribution in [1.29, 1.82) is 0 Å². The highest BCUT2D eigenvalue weighted by molar-refractivity contribution is 5.95. The molecule has 1 aliphatic carbocycles. The van der Waals surface area contributed by atoms with E-state index >= 15 is 0 Å². The van der Waals surface area contributed by atoms with E-state index in [1.807, 2.05) is 62.4 Å². The topological polar surface area (TPSA) is 73.2 Å². The highest BCUT2D eigenvalue weighted by atomic mass is 16.5. The summed E-state index contributed by atoms with van der Waals surface area (Å²) < 4.78 is 7.03. The van der Waals surface area contributed by atoms with Crippen molar-refractivity contribution in [1.82, 2.24) is 9.78 Å². The van der Waals surface area contributed by atoms with Crippen molar-refractivity contribution in [2.45, 2.75) is 52.0 Å². The summed E-state index contributed by atoms with van der Waals surface area (Å²) in [7, 11) is 0. The molecule has 1 atom stereocenters. The van der Waals surface area contributed by atoms with E-state index < -0.39 is 6.04 Å². The third kappa shape index (κ3) is 4.31. The van der Waals surface area contributed by atoms with Crippen LogP contribution in [0.4, 0.5) is 5.69 Å². The molecule has 0 saturated heterocycles. The van der Waals surface area contributed by atoms with Gasteiger partial charge in [-0.05, 0) is 56.7 Å². The molecule has 0 saturated carbocycles. The highest BCUT2D eigenvalue weighted by Gasteiger charge is 2.27. The molecule has 0 radical (unpaired) electrons. The first-order valence-electron chi connectivity index (χ1n) is 11.4. The van der Waals surface area contributed by atoms with E-state index in [0.717, 1.165) is 48.1 Å². The Bertz CT molecular complexity index is 1150. The monoisotopic (exact) mass is 431 g/mol. The molecule has 0 bridgehead atoms. The van der Waals surface area contributed by atoms with Gasteiger partial charge in [0.25, 0.3) is 5.56 Å². The Balaban J connectivity index is 1.76. The van der Waals surface area contributed by atoms with Gasteiger partial charge in [0.15, 0.2) is 0 Å². The number of hydrogen-bond acceptors (Lipinski definition) is 4. The molecule has 1 N–H and O–H groups in total. The number of fused-ring (bicyclic) bond motifs is 1. The second-order valence-electron chi connectivity index (χ2n) is 7.97. The van der Waals surface area contributed by atoms with Crippen LogP contribution in [0.5, 0.6) is 5.75 Å². The van der Waals surface area contributed by atoms with Gasteiger partial charge >= 0.3 is 0 Å². The third-order valence-electron chi connectivity index (χ3n) is 5.90. The summed E-state index contributed by atoms with van der Waals surface area (Å²) in [5.74, 6) is 0.331. The molecule has 6 nitrogen and oxygen atoms in total.